The first-order valence-corrected chi connectivity index (χ1v) is 9.17. The first-order chi connectivity index (χ1) is 13.1. The highest BCUT2D eigenvalue weighted by Crippen LogP contribution is 2.39. The van der Waals surface area contributed by atoms with E-state index in [9.17, 15) is 22.4 Å². The van der Waals surface area contributed by atoms with Gasteiger partial charge in [-0.15, -0.1) is 0 Å². The highest BCUT2D eigenvalue weighted by atomic mass is 19.4. The minimum atomic E-state index is -4.53. The van der Waals surface area contributed by atoms with Crippen molar-refractivity contribution >= 4 is 5.91 Å². The summed E-state index contributed by atoms with van der Waals surface area (Å²) in [5, 5.41) is 0. The quantitative estimate of drug-likeness (QED) is 0.706. The van der Waals surface area contributed by atoms with E-state index in [-0.39, 0.29) is 42.0 Å². The number of benzene rings is 2. The lowest BCUT2D eigenvalue weighted by Crippen LogP contribution is -2.30. The Bertz CT molecular complexity index is 952. The van der Waals surface area contributed by atoms with E-state index in [1.807, 2.05) is 11.0 Å². The molecule has 2 aliphatic heterocycles. The number of nitrogens with zero attached hydrogens (tertiary/aromatic N) is 2. The van der Waals surface area contributed by atoms with Gasteiger partial charge < -0.3 is 4.90 Å². The van der Waals surface area contributed by atoms with Crippen molar-refractivity contribution in [3.05, 3.63) is 69.5 Å². The van der Waals surface area contributed by atoms with E-state index < -0.39 is 11.7 Å². The van der Waals surface area contributed by atoms with E-state index in [0.717, 1.165) is 11.6 Å². The molecular weight excluding hydrogens is 372 g/mol. The van der Waals surface area contributed by atoms with Gasteiger partial charge in [-0.05, 0) is 48.7 Å². The van der Waals surface area contributed by atoms with E-state index in [1.54, 1.807) is 26.0 Å². The second-order valence-electron chi connectivity index (χ2n) is 7.72. The normalized spacial score (nSPS) is 16.8. The minimum Gasteiger partial charge on any atom is -0.332 e. The SMILES string of the molecule is CC(C)N1Cc2c(cc(CN3Cc4cccc(F)c4C3)cc2C(F)(F)F)C1=O. The summed E-state index contributed by atoms with van der Waals surface area (Å²) in [7, 11) is 0. The van der Waals surface area contributed by atoms with Gasteiger partial charge in [-0.25, -0.2) is 4.39 Å². The Labute approximate surface area is 160 Å². The zero-order valence-electron chi connectivity index (χ0n) is 15.6. The predicted molar refractivity (Wildman–Crippen MR) is 95.8 cm³/mol. The molecule has 0 spiro atoms. The van der Waals surface area contributed by atoms with Crippen LogP contribution in [0.15, 0.2) is 30.3 Å². The third-order valence-electron chi connectivity index (χ3n) is 5.46. The molecule has 148 valence electrons. The van der Waals surface area contributed by atoms with Crippen LogP contribution in [0.25, 0.3) is 0 Å². The monoisotopic (exact) mass is 392 g/mol. The van der Waals surface area contributed by atoms with Crippen LogP contribution in [0.3, 0.4) is 0 Å². The Hall–Kier alpha value is -2.41. The standard InChI is InChI=1S/C21H20F4N2O/c1-12(2)27-11-17-15(20(27)28)6-13(7-18(17)21(23,24)25)8-26-9-14-4-3-5-19(22)16(14)10-26/h3-7,12H,8-11H2,1-2H3. The van der Waals surface area contributed by atoms with E-state index in [0.29, 0.717) is 24.2 Å². The maximum absolute atomic E-state index is 13.9. The molecule has 0 unspecified atom stereocenters. The van der Waals surface area contributed by atoms with Gasteiger partial charge in [0.25, 0.3) is 5.91 Å². The number of hydrogen-bond donors (Lipinski definition) is 0. The first kappa shape index (κ1) is 18.9. The van der Waals surface area contributed by atoms with E-state index in [1.165, 1.54) is 11.0 Å². The molecule has 2 aromatic rings. The van der Waals surface area contributed by atoms with Gasteiger partial charge in [0.2, 0.25) is 0 Å². The fourth-order valence-electron chi connectivity index (χ4n) is 4.07. The smallest absolute Gasteiger partial charge is 0.332 e. The first-order valence-electron chi connectivity index (χ1n) is 9.17. The molecule has 0 saturated heterocycles. The van der Waals surface area contributed by atoms with Crippen molar-refractivity contribution in [3.63, 3.8) is 0 Å². The summed E-state index contributed by atoms with van der Waals surface area (Å²) in [5.41, 5.74) is 1.27. The van der Waals surface area contributed by atoms with Crippen molar-refractivity contribution < 1.29 is 22.4 Å². The molecule has 0 aromatic heterocycles. The van der Waals surface area contributed by atoms with E-state index >= 15 is 0 Å². The molecule has 2 heterocycles. The van der Waals surface area contributed by atoms with Gasteiger partial charge in [-0.2, -0.15) is 13.2 Å². The van der Waals surface area contributed by atoms with Gasteiger partial charge in [0.15, 0.2) is 0 Å². The summed E-state index contributed by atoms with van der Waals surface area (Å²) in [6.45, 7) is 4.58. The van der Waals surface area contributed by atoms with Crippen LogP contribution in [0.5, 0.6) is 0 Å². The molecule has 2 aromatic carbocycles. The third kappa shape index (κ3) is 3.17. The Morgan fingerprint density at radius 2 is 1.82 bits per heavy atom. The maximum Gasteiger partial charge on any atom is 0.416 e. The molecule has 3 nitrogen and oxygen atoms in total. The number of carbonyl (C=O) groups excluding carboxylic acids is 1. The Kier molecular flexibility index (Phi) is 4.45. The van der Waals surface area contributed by atoms with Gasteiger partial charge in [-0.1, -0.05) is 12.1 Å². The molecule has 0 saturated carbocycles. The number of carbonyl (C=O) groups is 1. The number of hydrogen-bond acceptors (Lipinski definition) is 2. The average molecular weight is 392 g/mol. The molecule has 0 aliphatic carbocycles. The summed E-state index contributed by atoms with van der Waals surface area (Å²) in [6.07, 6.45) is -4.53. The zero-order valence-corrected chi connectivity index (χ0v) is 15.6. The van der Waals surface area contributed by atoms with Crippen LogP contribution in [-0.4, -0.2) is 21.7 Å². The summed E-state index contributed by atoms with van der Waals surface area (Å²) < 4.78 is 54.9. The minimum absolute atomic E-state index is 0.0265. The fraction of sp³-hybridized carbons (Fsp3) is 0.381. The molecule has 2 aliphatic rings. The second-order valence-corrected chi connectivity index (χ2v) is 7.72. The molecule has 7 heteroatoms. The van der Waals surface area contributed by atoms with Crippen LogP contribution in [0.2, 0.25) is 0 Å². The Morgan fingerprint density at radius 3 is 2.46 bits per heavy atom. The van der Waals surface area contributed by atoms with Crippen LogP contribution >= 0.6 is 0 Å². The average Bonchev–Trinajstić information content (AvgIpc) is 3.16. The van der Waals surface area contributed by atoms with Crippen molar-refractivity contribution in [2.24, 2.45) is 0 Å². The topological polar surface area (TPSA) is 23.6 Å². The van der Waals surface area contributed by atoms with Gasteiger partial charge in [0.05, 0.1) is 5.56 Å². The molecule has 0 bridgehead atoms. The summed E-state index contributed by atoms with van der Waals surface area (Å²) in [4.78, 5) is 16.0. The Balaban J connectivity index is 1.67. The lowest BCUT2D eigenvalue weighted by molar-refractivity contribution is -0.138. The van der Waals surface area contributed by atoms with Crippen LogP contribution in [0.1, 0.15) is 52.0 Å². The van der Waals surface area contributed by atoms with Gasteiger partial charge in [0.1, 0.15) is 5.82 Å². The Morgan fingerprint density at radius 1 is 1.07 bits per heavy atom. The summed E-state index contributed by atoms with van der Waals surface area (Å²) >= 11 is 0. The number of alkyl halides is 3. The largest absolute Gasteiger partial charge is 0.416 e. The zero-order chi connectivity index (χ0) is 20.2. The molecule has 1 amide bonds. The molecular formula is C21H20F4N2O. The molecule has 28 heavy (non-hydrogen) atoms. The lowest BCUT2D eigenvalue weighted by Gasteiger charge is -2.20. The molecule has 0 atom stereocenters. The van der Waals surface area contributed by atoms with Gasteiger partial charge >= 0.3 is 6.18 Å². The van der Waals surface area contributed by atoms with E-state index in [2.05, 4.69) is 0 Å². The van der Waals surface area contributed by atoms with Gasteiger partial charge in [-0.3, -0.25) is 9.69 Å². The summed E-state index contributed by atoms with van der Waals surface area (Å²) in [5.74, 6) is -0.666. The number of rotatable bonds is 3. The number of fused-ring (bicyclic) bond motifs is 2. The number of halogens is 4. The van der Waals surface area contributed by atoms with Gasteiger partial charge in [0, 0.05) is 43.3 Å². The van der Waals surface area contributed by atoms with Crippen LogP contribution < -0.4 is 0 Å². The molecule has 4 rings (SSSR count). The molecule has 0 N–H and O–H groups in total. The third-order valence-corrected chi connectivity index (χ3v) is 5.46. The lowest BCUT2D eigenvalue weighted by atomic mass is 9.98. The molecule has 0 fully saturated rings. The molecule has 0 radical (unpaired) electrons. The van der Waals surface area contributed by atoms with Crippen molar-refractivity contribution in [1.82, 2.24) is 9.80 Å². The van der Waals surface area contributed by atoms with Crippen molar-refractivity contribution in [1.29, 1.82) is 0 Å². The van der Waals surface area contributed by atoms with Crippen LogP contribution in [0.4, 0.5) is 17.6 Å². The van der Waals surface area contributed by atoms with E-state index in [4.69, 9.17) is 0 Å². The number of amides is 1. The summed E-state index contributed by atoms with van der Waals surface area (Å²) in [6, 6.07) is 7.36. The van der Waals surface area contributed by atoms with Crippen molar-refractivity contribution in [2.45, 2.75) is 52.2 Å². The highest BCUT2D eigenvalue weighted by Gasteiger charge is 2.40. The highest BCUT2D eigenvalue weighted by molar-refractivity contribution is 5.99. The maximum atomic E-state index is 13.9. The van der Waals surface area contributed by atoms with Crippen LogP contribution in [-0.2, 0) is 32.4 Å². The van der Waals surface area contributed by atoms with Crippen LogP contribution in [0, 0.1) is 5.82 Å². The fourth-order valence-corrected chi connectivity index (χ4v) is 4.07. The second kappa shape index (κ2) is 6.58. The predicted octanol–water partition coefficient (Wildman–Crippen LogP) is 4.72. The van der Waals surface area contributed by atoms with Crippen molar-refractivity contribution in [2.75, 3.05) is 0 Å². The van der Waals surface area contributed by atoms with Crippen molar-refractivity contribution in [3.8, 4) is 0 Å².